The van der Waals surface area contributed by atoms with Gasteiger partial charge in [0.15, 0.2) is 0 Å². The van der Waals surface area contributed by atoms with E-state index in [0.717, 1.165) is 24.3 Å². The number of anilines is 2. The molecule has 0 unspecified atom stereocenters. The largest absolute Gasteiger partial charge is 0.494 e. The predicted molar refractivity (Wildman–Crippen MR) is 122 cm³/mol. The van der Waals surface area contributed by atoms with E-state index in [1.807, 2.05) is 37.3 Å². The number of benzene rings is 2. The van der Waals surface area contributed by atoms with E-state index in [-0.39, 0.29) is 18.4 Å². The van der Waals surface area contributed by atoms with Gasteiger partial charge in [0.2, 0.25) is 5.91 Å². The Labute approximate surface area is 179 Å². The maximum atomic E-state index is 12.3. The van der Waals surface area contributed by atoms with Crippen LogP contribution >= 0.6 is 0 Å². The fraction of sp³-hybridized carbons (Fsp3) is 0.417. The van der Waals surface area contributed by atoms with Gasteiger partial charge in [-0.25, -0.2) is 0 Å². The van der Waals surface area contributed by atoms with Crippen LogP contribution in [0.15, 0.2) is 48.5 Å². The van der Waals surface area contributed by atoms with Crippen molar-refractivity contribution in [1.29, 1.82) is 0 Å². The van der Waals surface area contributed by atoms with E-state index in [0.29, 0.717) is 24.4 Å². The summed E-state index contributed by atoms with van der Waals surface area (Å²) in [6.07, 6.45) is 5.50. The fourth-order valence-electron chi connectivity index (χ4n) is 2.88. The minimum absolute atomic E-state index is 0.0993. The summed E-state index contributed by atoms with van der Waals surface area (Å²) in [5, 5.41) is 8.77. The van der Waals surface area contributed by atoms with Crippen LogP contribution in [0.4, 0.5) is 11.4 Å². The molecule has 0 bridgehead atoms. The second kappa shape index (κ2) is 13.2. The Morgan fingerprint density at radius 2 is 1.70 bits per heavy atom. The van der Waals surface area contributed by atoms with E-state index in [2.05, 4.69) is 22.9 Å². The van der Waals surface area contributed by atoms with Gasteiger partial charge in [-0.3, -0.25) is 9.59 Å². The van der Waals surface area contributed by atoms with E-state index in [1.54, 1.807) is 18.2 Å². The smallest absolute Gasteiger partial charge is 0.251 e. The van der Waals surface area contributed by atoms with Gasteiger partial charge in [-0.2, -0.15) is 0 Å². The minimum atomic E-state index is -0.170. The van der Waals surface area contributed by atoms with Crippen LogP contribution < -0.4 is 20.7 Å². The van der Waals surface area contributed by atoms with Gasteiger partial charge in [-0.1, -0.05) is 45.2 Å². The van der Waals surface area contributed by atoms with Gasteiger partial charge in [0.1, 0.15) is 5.75 Å². The molecular formula is C24H33N3O3. The van der Waals surface area contributed by atoms with Crippen LogP contribution in [0.1, 0.15) is 56.3 Å². The van der Waals surface area contributed by atoms with Crippen molar-refractivity contribution < 1.29 is 14.3 Å². The standard InChI is InChI=1S/C24H33N3O3/c1-3-5-6-7-15-30-22-13-9-12-21(17-22)27-23(28)18-26-20-11-8-10-19(16-20)24(29)25-14-4-2/h8-13,16-17,26H,3-7,14-15,18H2,1-2H3,(H,25,29)(H,27,28). The van der Waals surface area contributed by atoms with E-state index in [9.17, 15) is 9.59 Å². The van der Waals surface area contributed by atoms with Crippen molar-refractivity contribution in [1.82, 2.24) is 5.32 Å². The van der Waals surface area contributed by atoms with E-state index in [4.69, 9.17) is 4.74 Å². The number of carbonyl (C=O) groups is 2. The lowest BCUT2D eigenvalue weighted by molar-refractivity contribution is -0.114. The average molecular weight is 412 g/mol. The number of unbranched alkanes of at least 4 members (excludes halogenated alkanes) is 3. The summed E-state index contributed by atoms with van der Waals surface area (Å²) in [7, 11) is 0. The quantitative estimate of drug-likeness (QED) is 0.412. The van der Waals surface area contributed by atoms with E-state index >= 15 is 0 Å². The summed E-state index contributed by atoms with van der Waals surface area (Å²) in [5.41, 5.74) is 1.98. The van der Waals surface area contributed by atoms with Crippen LogP contribution in [0.2, 0.25) is 0 Å². The first-order valence-corrected chi connectivity index (χ1v) is 10.8. The first kappa shape index (κ1) is 23.3. The van der Waals surface area contributed by atoms with Crippen LogP contribution in [0.5, 0.6) is 5.75 Å². The highest BCUT2D eigenvalue weighted by Crippen LogP contribution is 2.18. The molecule has 0 aliphatic rings. The van der Waals surface area contributed by atoms with Crippen molar-refractivity contribution in [2.45, 2.75) is 46.0 Å². The van der Waals surface area contributed by atoms with Crippen LogP contribution in [-0.2, 0) is 4.79 Å². The molecule has 0 aliphatic heterocycles. The highest BCUT2D eigenvalue weighted by Gasteiger charge is 2.07. The Morgan fingerprint density at radius 1 is 0.900 bits per heavy atom. The summed E-state index contributed by atoms with van der Waals surface area (Å²) in [6.45, 7) is 5.61. The SMILES string of the molecule is CCCCCCOc1cccc(NC(=O)CNc2cccc(C(=O)NCCC)c2)c1. The van der Waals surface area contributed by atoms with Gasteiger partial charge in [0, 0.05) is 29.5 Å². The van der Waals surface area contributed by atoms with Crippen molar-refractivity contribution >= 4 is 23.2 Å². The molecular weight excluding hydrogens is 378 g/mol. The molecule has 2 aromatic carbocycles. The van der Waals surface area contributed by atoms with E-state index in [1.165, 1.54) is 19.3 Å². The summed E-state index contributed by atoms with van der Waals surface area (Å²) in [6, 6.07) is 14.5. The molecule has 0 radical (unpaired) electrons. The Kier molecular flexibility index (Phi) is 10.3. The molecule has 2 amide bonds. The molecule has 2 rings (SSSR count). The molecule has 0 spiro atoms. The molecule has 0 aromatic heterocycles. The summed E-state index contributed by atoms with van der Waals surface area (Å²) < 4.78 is 5.76. The predicted octanol–water partition coefficient (Wildman–Crippen LogP) is 4.84. The molecule has 6 nitrogen and oxygen atoms in total. The average Bonchev–Trinajstić information content (AvgIpc) is 2.76. The molecule has 0 aliphatic carbocycles. The molecule has 0 saturated carbocycles. The number of hydrogen-bond acceptors (Lipinski definition) is 4. The molecule has 0 fully saturated rings. The Morgan fingerprint density at radius 3 is 2.50 bits per heavy atom. The molecule has 0 heterocycles. The number of carbonyl (C=O) groups excluding carboxylic acids is 2. The Bertz CT molecular complexity index is 808. The van der Waals surface area contributed by atoms with Gasteiger partial charge >= 0.3 is 0 Å². The summed E-state index contributed by atoms with van der Waals surface area (Å²) >= 11 is 0. The normalized spacial score (nSPS) is 10.3. The van der Waals surface area contributed by atoms with Gasteiger partial charge in [0.25, 0.3) is 5.91 Å². The Hall–Kier alpha value is -3.02. The third-order valence-corrected chi connectivity index (χ3v) is 4.50. The van der Waals surface area contributed by atoms with Gasteiger partial charge in [-0.05, 0) is 43.2 Å². The molecule has 0 saturated heterocycles. The zero-order chi connectivity index (χ0) is 21.6. The van der Waals surface area contributed by atoms with Crippen LogP contribution in [0, 0.1) is 0 Å². The maximum Gasteiger partial charge on any atom is 0.251 e. The molecule has 162 valence electrons. The molecule has 2 aromatic rings. The van der Waals surface area contributed by atoms with Crippen molar-refractivity contribution in [3.05, 3.63) is 54.1 Å². The minimum Gasteiger partial charge on any atom is -0.494 e. The topological polar surface area (TPSA) is 79.5 Å². The lowest BCUT2D eigenvalue weighted by atomic mass is 10.2. The zero-order valence-electron chi connectivity index (χ0n) is 18.0. The van der Waals surface area contributed by atoms with Crippen molar-refractivity contribution in [2.75, 3.05) is 30.3 Å². The fourth-order valence-corrected chi connectivity index (χ4v) is 2.88. The maximum absolute atomic E-state index is 12.3. The van der Waals surface area contributed by atoms with Crippen molar-refractivity contribution in [3.8, 4) is 5.75 Å². The van der Waals surface area contributed by atoms with E-state index < -0.39 is 0 Å². The zero-order valence-corrected chi connectivity index (χ0v) is 18.0. The number of nitrogens with one attached hydrogen (secondary N) is 3. The molecule has 30 heavy (non-hydrogen) atoms. The summed E-state index contributed by atoms with van der Waals surface area (Å²) in [5.74, 6) is 0.468. The third-order valence-electron chi connectivity index (χ3n) is 4.50. The highest BCUT2D eigenvalue weighted by molar-refractivity contribution is 5.96. The van der Waals surface area contributed by atoms with Crippen LogP contribution in [0.3, 0.4) is 0 Å². The second-order valence-corrected chi connectivity index (χ2v) is 7.18. The van der Waals surface area contributed by atoms with Gasteiger partial charge in [0.05, 0.1) is 13.2 Å². The van der Waals surface area contributed by atoms with Crippen LogP contribution in [0.25, 0.3) is 0 Å². The number of ether oxygens (including phenoxy) is 1. The first-order chi connectivity index (χ1) is 14.6. The highest BCUT2D eigenvalue weighted by atomic mass is 16.5. The second-order valence-electron chi connectivity index (χ2n) is 7.18. The number of hydrogen-bond donors (Lipinski definition) is 3. The number of rotatable bonds is 13. The molecule has 3 N–H and O–H groups in total. The lowest BCUT2D eigenvalue weighted by Gasteiger charge is -2.11. The Balaban J connectivity index is 1.80. The monoisotopic (exact) mass is 411 g/mol. The first-order valence-electron chi connectivity index (χ1n) is 10.8. The number of amides is 2. The van der Waals surface area contributed by atoms with Gasteiger partial charge < -0.3 is 20.7 Å². The third kappa shape index (κ3) is 8.55. The van der Waals surface area contributed by atoms with Crippen molar-refractivity contribution in [2.24, 2.45) is 0 Å². The van der Waals surface area contributed by atoms with Crippen molar-refractivity contribution in [3.63, 3.8) is 0 Å². The lowest BCUT2D eigenvalue weighted by Crippen LogP contribution is -2.24. The molecule has 6 heteroatoms. The van der Waals surface area contributed by atoms with Crippen LogP contribution in [-0.4, -0.2) is 31.5 Å². The van der Waals surface area contributed by atoms with Gasteiger partial charge in [-0.15, -0.1) is 0 Å². The summed E-state index contributed by atoms with van der Waals surface area (Å²) in [4.78, 5) is 24.4. The molecule has 0 atom stereocenters.